The van der Waals surface area contributed by atoms with Crippen molar-refractivity contribution in [2.24, 2.45) is 23.7 Å². The zero-order valence-electron chi connectivity index (χ0n) is 14.0. The summed E-state index contributed by atoms with van der Waals surface area (Å²) < 4.78 is 19.7. The quantitative estimate of drug-likeness (QED) is 0.448. The summed E-state index contributed by atoms with van der Waals surface area (Å²) >= 11 is 0. The van der Waals surface area contributed by atoms with E-state index in [2.05, 4.69) is 0 Å². The van der Waals surface area contributed by atoms with E-state index >= 15 is 0 Å². The van der Waals surface area contributed by atoms with E-state index in [-0.39, 0.29) is 36.9 Å². The predicted molar refractivity (Wildman–Crippen MR) is 83.2 cm³/mol. The second-order valence-corrected chi connectivity index (χ2v) is 6.86. The molecule has 8 heteroatoms. The van der Waals surface area contributed by atoms with Crippen molar-refractivity contribution in [2.45, 2.75) is 12.8 Å². The molecule has 4 bridgehead atoms. The average molecular weight is 362 g/mol. The molecule has 0 radical (unpaired) electrons. The lowest BCUT2D eigenvalue weighted by Gasteiger charge is -2.23. The summed E-state index contributed by atoms with van der Waals surface area (Å²) in [6, 6.07) is 0. The summed E-state index contributed by atoms with van der Waals surface area (Å²) in [5.74, 6) is -1.95. The predicted octanol–water partition coefficient (Wildman–Crippen LogP) is 0.311. The highest BCUT2D eigenvalue weighted by Crippen LogP contribution is 2.57. The van der Waals surface area contributed by atoms with Crippen LogP contribution in [0, 0.1) is 23.7 Å². The van der Waals surface area contributed by atoms with Crippen LogP contribution in [0.5, 0.6) is 0 Å². The molecule has 26 heavy (non-hydrogen) atoms. The Bertz CT molecular complexity index is 733. The Labute approximate surface area is 149 Å². The molecule has 4 aliphatic rings. The van der Waals surface area contributed by atoms with Gasteiger partial charge in [0, 0.05) is 11.1 Å². The van der Waals surface area contributed by atoms with Crippen LogP contribution in [-0.2, 0) is 38.1 Å². The standard InChI is InChI=1S/C18H18O8/c19-15-7-25-17(21)10-5-11-9-3-13(12(11)6-10)14(4-9)18(22)26-8-16(20)24-2-1-23-15/h4-5,9,11-13H,1-3,6-8H2. The van der Waals surface area contributed by atoms with E-state index in [9.17, 15) is 19.2 Å². The fourth-order valence-corrected chi connectivity index (χ4v) is 4.37. The number of carbonyl (C=O) groups excluding carboxylic acids is 4. The van der Waals surface area contributed by atoms with Crippen molar-refractivity contribution in [1.29, 1.82) is 0 Å². The number of fused-ring (bicyclic) bond motifs is 3. The van der Waals surface area contributed by atoms with Gasteiger partial charge in [0.25, 0.3) is 0 Å². The van der Waals surface area contributed by atoms with Crippen molar-refractivity contribution in [3.8, 4) is 0 Å². The summed E-state index contributed by atoms with van der Waals surface area (Å²) in [5, 5.41) is 0. The van der Waals surface area contributed by atoms with Crippen LogP contribution in [0.1, 0.15) is 12.8 Å². The minimum atomic E-state index is -0.715. The van der Waals surface area contributed by atoms with Crippen molar-refractivity contribution in [3.63, 3.8) is 0 Å². The lowest BCUT2D eigenvalue weighted by molar-refractivity contribution is -0.162. The summed E-state index contributed by atoms with van der Waals surface area (Å²) in [6.07, 6.45) is 5.15. The molecule has 0 aromatic heterocycles. The van der Waals surface area contributed by atoms with Crippen LogP contribution < -0.4 is 0 Å². The largest absolute Gasteiger partial charge is 0.460 e. The van der Waals surface area contributed by atoms with Gasteiger partial charge in [-0.1, -0.05) is 12.2 Å². The van der Waals surface area contributed by atoms with Gasteiger partial charge in [0.15, 0.2) is 13.2 Å². The van der Waals surface area contributed by atoms with Gasteiger partial charge in [0.1, 0.15) is 13.2 Å². The van der Waals surface area contributed by atoms with Gasteiger partial charge in [-0.15, -0.1) is 0 Å². The number of allylic oxidation sites excluding steroid dienone is 2. The fourth-order valence-electron chi connectivity index (χ4n) is 4.37. The molecule has 4 unspecified atom stereocenters. The first-order valence-electron chi connectivity index (χ1n) is 8.61. The SMILES string of the molecule is O=C1COC(=O)C2=CC3C4C=C(C(=O)OCC(=O)OCCO1)C(C4)C3C2. The highest BCUT2D eigenvalue weighted by Gasteiger charge is 2.52. The zero-order chi connectivity index (χ0) is 18.3. The lowest BCUT2D eigenvalue weighted by atomic mass is 9.81. The lowest BCUT2D eigenvalue weighted by Crippen LogP contribution is -2.25. The summed E-state index contributed by atoms with van der Waals surface area (Å²) in [5.41, 5.74) is 1.11. The van der Waals surface area contributed by atoms with Gasteiger partial charge in [0.2, 0.25) is 0 Å². The van der Waals surface area contributed by atoms with E-state index in [1.165, 1.54) is 0 Å². The molecule has 1 aliphatic heterocycles. The number of ether oxygens (including phenoxy) is 4. The number of carbonyl (C=O) groups is 4. The molecular weight excluding hydrogens is 344 g/mol. The Balaban J connectivity index is 1.51. The Morgan fingerprint density at radius 1 is 0.808 bits per heavy atom. The third-order valence-electron chi connectivity index (χ3n) is 5.42. The molecule has 3 aliphatic carbocycles. The Kier molecular flexibility index (Phi) is 4.26. The molecule has 0 amide bonds. The second-order valence-electron chi connectivity index (χ2n) is 6.86. The van der Waals surface area contributed by atoms with Crippen LogP contribution in [0.2, 0.25) is 0 Å². The van der Waals surface area contributed by atoms with Gasteiger partial charge < -0.3 is 18.9 Å². The van der Waals surface area contributed by atoms with E-state index in [4.69, 9.17) is 18.9 Å². The van der Waals surface area contributed by atoms with Gasteiger partial charge in [-0.2, -0.15) is 0 Å². The number of cyclic esters (lactones) is 4. The van der Waals surface area contributed by atoms with Gasteiger partial charge >= 0.3 is 23.9 Å². The molecule has 4 rings (SSSR count). The molecule has 4 atom stereocenters. The highest BCUT2D eigenvalue weighted by molar-refractivity contribution is 5.93. The van der Waals surface area contributed by atoms with E-state index in [0.717, 1.165) is 6.42 Å². The van der Waals surface area contributed by atoms with Crippen LogP contribution >= 0.6 is 0 Å². The average Bonchev–Trinajstić information content (AvgIpc) is 3.31. The van der Waals surface area contributed by atoms with E-state index < -0.39 is 37.1 Å². The van der Waals surface area contributed by atoms with Crippen LogP contribution in [0.25, 0.3) is 0 Å². The maximum absolute atomic E-state index is 12.3. The second kappa shape index (κ2) is 6.59. The smallest absolute Gasteiger partial charge is 0.344 e. The molecule has 0 aromatic carbocycles. The normalized spacial score (nSPS) is 34.5. The van der Waals surface area contributed by atoms with Crippen molar-refractivity contribution >= 4 is 23.9 Å². The first kappa shape index (κ1) is 16.8. The minimum Gasteiger partial charge on any atom is -0.460 e. The highest BCUT2D eigenvalue weighted by atomic mass is 16.6. The molecule has 0 spiro atoms. The number of hydrogen-bond acceptors (Lipinski definition) is 8. The zero-order valence-corrected chi connectivity index (χ0v) is 14.0. The maximum Gasteiger partial charge on any atom is 0.344 e. The maximum atomic E-state index is 12.3. The molecule has 8 nitrogen and oxygen atoms in total. The molecule has 1 saturated heterocycles. The number of hydrogen-bond donors (Lipinski definition) is 0. The minimum absolute atomic E-state index is 0.00993. The van der Waals surface area contributed by atoms with Crippen molar-refractivity contribution < 1.29 is 38.1 Å². The van der Waals surface area contributed by atoms with Crippen molar-refractivity contribution in [3.05, 3.63) is 23.3 Å². The third kappa shape index (κ3) is 3.00. The van der Waals surface area contributed by atoms with Gasteiger partial charge in [-0.05, 0) is 36.5 Å². The first-order chi connectivity index (χ1) is 12.5. The molecule has 1 saturated carbocycles. The molecule has 138 valence electrons. The van der Waals surface area contributed by atoms with E-state index in [1.807, 2.05) is 12.2 Å². The van der Waals surface area contributed by atoms with E-state index in [1.54, 1.807) is 0 Å². The number of rotatable bonds is 0. The Morgan fingerprint density at radius 2 is 1.46 bits per heavy atom. The van der Waals surface area contributed by atoms with E-state index in [0.29, 0.717) is 17.6 Å². The van der Waals surface area contributed by atoms with Crippen LogP contribution in [0.15, 0.2) is 23.3 Å². The summed E-state index contributed by atoms with van der Waals surface area (Å²) in [4.78, 5) is 47.6. The van der Waals surface area contributed by atoms with Crippen LogP contribution in [-0.4, -0.2) is 50.3 Å². The van der Waals surface area contributed by atoms with Gasteiger partial charge in [-0.3, -0.25) is 0 Å². The van der Waals surface area contributed by atoms with Crippen molar-refractivity contribution in [1.82, 2.24) is 0 Å². The molecule has 2 fully saturated rings. The number of esters is 4. The summed E-state index contributed by atoms with van der Waals surface area (Å²) in [7, 11) is 0. The van der Waals surface area contributed by atoms with Gasteiger partial charge in [-0.25, -0.2) is 19.2 Å². The topological polar surface area (TPSA) is 105 Å². The van der Waals surface area contributed by atoms with Crippen LogP contribution in [0.4, 0.5) is 0 Å². The fraction of sp³-hybridized carbons (Fsp3) is 0.556. The van der Waals surface area contributed by atoms with Crippen LogP contribution in [0.3, 0.4) is 0 Å². The monoisotopic (exact) mass is 362 g/mol. The first-order valence-corrected chi connectivity index (χ1v) is 8.61. The Morgan fingerprint density at radius 3 is 2.15 bits per heavy atom. The van der Waals surface area contributed by atoms with Crippen molar-refractivity contribution in [2.75, 3.05) is 26.4 Å². The molecule has 0 N–H and O–H groups in total. The molecule has 1 heterocycles. The van der Waals surface area contributed by atoms with Gasteiger partial charge in [0.05, 0.1) is 0 Å². The molecule has 0 aromatic rings. The Hall–Kier alpha value is -2.64. The third-order valence-corrected chi connectivity index (χ3v) is 5.42. The summed E-state index contributed by atoms with van der Waals surface area (Å²) in [6.45, 7) is -1.31. The molecular formula is C18H18O8.